The van der Waals surface area contributed by atoms with Gasteiger partial charge in [-0.3, -0.25) is 4.79 Å². The second-order valence-corrected chi connectivity index (χ2v) is 5.41. The Labute approximate surface area is 119 Å². The van der Waals surface area contributed by atoms with E-state index in [9.17, 15) is 4.79 Å². The highest BCUT2D eigenvalue weighted by atomic mass is 35.5. The number of halogens is 1. The molecule has 0 saturated carbocycles. The summed E-state index contributed by atoms with van der Waals surface area (Å²) in [5.74, 6) is 0.796. The lowest BCUT2D eigenvalue weighted by Crippen LogP contribution is -2.32. The Hall–Kier alpha value is -0.580. The van der Waals surface area contributed by atoms with E-state index >= 15 is 0 Å². The Morgan fingerprint density at radius 1 is 1.44 bits per heavy atom. The van der Waals surface area contributed by atoms with Gasteiger partial charge in [0, 0.05) is 13.0 Å². The van der Waals surface area contributed by atoms with Crippen molar-refractivity contribution in [2.24, 2.45) is 5.92 Å². The predicted molar refractivity (Wildman–Crippen MR) is 78.5 cm³/mol. The summed E-state index contributed by atoms with van der Waals surface area (Å²) in [6.07, 6.45) is 3.92. The summed E-state index contributed by atoms with van der Waals surface area (Å²) < 4.78 is 0. The van der Waals surface area contributed by atoms with Crippen LogP contribution in [0, 0.1) is 5.92 Å². The van der Waals surface area contributed by atoms with E-state index in [1.165, 1.54) is 5.56 Å². The average molecular weight is 289 g/mol. The van der Waals surface area contributed by atoms with E-state index in [4.69, 9.17) is 0 Å². The molecule has 3 nitrogen and oxygen atoms in total. The fraction of sp³-hybridized carbons (Fsp3) is 0.615. The van der Waals surface area contributed by atoms with E-state index in [2.05, 4.69) is 27.5 Å². The second kappa shape index (κ2) is 8.51. The lowest BCUT2D eigenvalue weighted by atomic mass is 9.94. The highest BCUT2D eigenvalue weighted by Gasteiger charge is 2.16. The van der Waals surface area contributed by atoms with E-state index in [0.717, 1.165) is 38.9 Å². The largest absolute Gasteiger partial charge is 0.356 e. The Morgan fingerprint density at radius 3 is 2.89 bits per heavy atom. The van der Waals surface area contributed by atoms with Crippen LogP contribution < -0.4 is 10.6 Å². The van der Waals surface area contributed by atoms with Crippen LogP contribution >= 0.6 is 23.7 Å². The third-order valence-electron chi connectivity index (χ3n) is 3.25. The molecular weight excluding hydrogens is 268 g/mol. The number of thiophene rings is 1. The first-order valence-electron chi connectivity index (χ1n) is 6.33. The van der Waals surface area contributed by atoms with Crippen molar-refractivity contribution in [3.8, 4) is 0 Å². The number of carbonyl (C=O) groups is 1. The molecule has 1 fully saturated rings. The van der Waals surface area contributed by atoms with E-state index in [0.29, 0.717) is 12.3 Å². The first-order valence-corrected chi connectivity index (χ1v) is 7.27. The maximum absolute atomic E-state index is 11.7. The van der Waals surface area contributed by atoms with Crippen LogP contribution in [0.2, 0.25) is 0 Å². The van der Waals surface area contributed by atoms with Gasteiger partial charge in [-0.05, 0) is 60.7 Å². The van der Waals surface area contributed by atoms with Gasteiger partial charge in [-0.15, -0.1) is 12.4 Å². The molecule has 2 heterocycles. The molecule has 1 aliphatic heterocycles. The minimum absolute atomic E-state index is 0. The molecule has 0 atom stereocenters. The van der Waals surface area contributed by atoms with Crippen LogP contribution in [0.1, 0.15) is 24.8 Å². The molecule has 0 bridgehead atoms. The summed E-state index contributed by atoms with van der Waals surface area (Å²) in [4.78, 5) is 11.7. The predicted octanol–water partition coefficient (Wildman–Crippen LogP) is 2.22. The van der Waals surface area contributed by atoms with Gasteiger partial charge >= 0.3 is 0 Å². The lowest BCUT2D eigenvalue weighted by Gasteiger charge is -2.21. The summed E-state index contributed by atoms with van der Waals surface area (Å²) in [6.45, 7) is 2.89. The van der Waals surface area contributed by atoms with Gasteiger partial charge in [0.15, 0.2) is 0 Å². The van der Waals surface area contributed by atoms with Crippen LogP contribution in [0.15, 0.2) is 16.8 Å². The molecule has 2 N–H and O–H groups in total. The summed E-state index contributed by atoms with van der Waals surface area (Å²) in [7, 11) is 0. The molecule has 2 rings (SSSR count). The standard InChI is InChI=1S/C13H20N2OS.ClH/c16-13(9-11-1-5-14-6-2-11)15-7-3-12-4-8-17-10-12;/h4,8,10-11,14H,1-3,5-7,9H2,(H,15,16);1H. The van der Waals surface area contributed by atoms with Gasteiger partial charge in [-0.2, -0.15) is 11.3 Å². The Morgan fingerprint density at radius 2 is 2.22 bits per heavy atom. The van der Waals surface area contributed by atoms with Gasteiger partial charge < -0.3 is 10.6 Å². The number of carbonyl (C=O) groups excluding carboxylic acids is 1. The van der Waals surface area contributed by atoms with Crippen molar-refractivity contribution >= 4 is 29.7 Å². The normalized spacial score (nSPS) is 16.0. The van der Waals surface area contributed by atoms with E-state index in [1.807, 2.05) is 0 Å². The van der Waals surface area contributed by atoms with Crippen molar-refractivity contribution in [3.63, 3.8) is 0 Å². The van der Waals surface area contributed by atoms with E-state index < -0.39 is 0 Å². The Kier molecular flexibility index (Phi) is 7.32. The molecule has 0 unspecified atom stereocenters. The van der Waals surface area contributed by atoms with Gasteiger partial charge in [-0.25, -0.2) is 0 Å². The molecule has 1 saturated heterocycles. The van der Waals surface area contributed by atoms with Crippen LogP contribution in [0.3, 0.4) is 0 Å². The molecule has 102 valence electrons. The molecular formula is C13H21ClN2OS. The first-order chi connectivity index (χ1) is 8.34. The average Bonchev–Trinajstić information content (AvgIpc) is 2.83. The maximum atomic E-state index is 11.7. The molecule has 1 aromatic rings. The molecule has 5 heteroatoms. The third kappa shape index (κ3) is 5.38. The molecule has 0 spiro atoms. The first kappa shape index (κ1) is 15.5. The summed E-state index contributed by atoms with van der Waals surface area (Å²) in [5.41, 5.74) is 1.32. The van der Waals surface area contributed by atoms with E-state index in [-0.39, 0.29) is 18.3 Å². The van der Waals surface area contributed by atoms with Crippen molar-refractivity contribution in [1.29, 1.82) is 0 Å². The Balaban J connectivity index is 0.00000162. The SMILES string of the molecule is Cl.O=C(CC1CCNCC1)NCCc1ccsc1. The number of hydrogen-bond acceptors (Lipinski definition) is 3. The lowest BCUT2D eigenvalue weighted by molar-refractivity contribution is -0.122. The highest BCUT2D eigenvalue weighted by molar-refractivity contribution is 7.07. The van der Waals surface area contributed by atoms with Gasteiger partial charge in [0.2, 0.25) is 5.91 Å². The number of rotatable bonds is 5. The number of hydrogen-bond donors (Lipinski definition) is 2. The van der Waals surface area contributed by atoms with Crippen molar-refractivity contribution in [2.45, 2.75) is 25.7 Å². The fourth-order valence-electron chi connectivity index (χ4n) is 2.20. The third-order valence-corrected chi connectivity index (χ3v) is 3.98. The minimum atomic E-state index is 0. The molecule has 1 aromatic heterocycles. The quantitative estimate of drug-likeness (QED) is 0.872. The maximum Gasteiger partial charge on any atom is 0.220 e. The van der Waals surface area contributed by atoms with Crippen LogP contribution in [0.5, 0.6) is 0 Å². The van der Waals surface area contributed by atoms with Gasteiger partial charge in [0.1, 0.15) is 0 Å². The van der Waals surface area contributed by atoms with Gasteiger partial charge in [-0.1, -0.05) is 0 Å². The number of piperidine rings is 1. The fourth-order valence-corrected chi connectivity index (χ4v) is 2.90. The number of amides is 1. The van der Waals surface area contributed by atoms with Crippen molar-refractivity contribution in [3.05, 3.63) is 22.4 Å². The van der Waals surface area contributed by atoms with Crippen molar-refractivity contribution in [2.75, 3.05) is 19.6 Å². The molecule has 0 radical (unpaired) electrons. The van der Waals surface area contributed by atoms with Crippen LogP contribution in [-0.4, -0.2) is 25.5 Å². The topological polar surface area (TPSA) is 41.1 Å². The highest BCUT2D eigenvalue weighted by Crippen LogP contribution is 2.15. The zero-order valence-corrected chi connectivity index (χ0v) is 12.1. The minimum Gasteiger partial charge on any atom is -0.356 e. The van der Waals surface area contributed by atoms with Crippen LogP contribution in [0.25, 0.3) is 0 Å². The monoisotopic (exact) mass is 288 g/mol. The van der Waals surface area contributed by atoms with E-state index in [1.54, 1.807) is 11.3 Å². The van der Waals surface area contributed by atoms with Gasteiger partial charge in [0.05, 0.1) is 0 Å². The summed E-state index contributed by atoms with van der Waals surface area (Å²) >= 11 is 1.71. The molecule has 1 amide bonds. The van der Waals surface area contributed by atoms with Crippen LogP contribution in [-0.2, 0) is 11.2 Å². The van der Waals surface area contributed by atoms with Crippen LogP contribution in [0.4, 0.5) is 0 Å². The Bertz CT molecular complexity index is 337. The zero-order chi connectivity index (χ0) is 11.9. The molecule has 18 heavy (non-hydrogen) atoms. The second-order valence-electron chi connectivity index (χ2n) is 4.63. The van der Waals surface area contributed by atoms with Crippen molar-refractivity contribution in [1.82, 2.24) is 10.6 Å². The smallest absolute Gasteiger partial charge is 0.220 e. The molecule has 0 aliphatic carbocycles. The summed E-state index contributed by atoms with van der Waals surface area (Å²) in [5, 5.41) is 10.5. The van der Waals surface area contributed by atoms with Gasteiger partial charge in [0.25, 0.3) is 0 Å². The van der Waals surface area contributed by atoms with Crippen molar-refractivity contribution < 1.29 is 4.79 Å². The molecule has 0 aromatic carbocycles. The summed E-state index contributed by atoms with van der Waals surface area (Å²) in [6, 6.07) is 2.11. The number of nitrogens with one attached hydrogen (secondary N) is 2. The molecule has 1 aliphatic rings. The zero-order valence-electron chi connectivity index (χ0n) is 10.5.